The molecule has 0 bridgehead atoms. The standard InChI is InChI=1S/C25H24N2O3.CO2/c1-15-12-16(23(29)19-6-4-5-7-22(19)28)14-27-11-10-18-20-13-17(30-3)8-9-21(20)26-24(18)25(15,27)2;2-1-3/h4-9,12-14,26,28H,10-11H2,1-3H3;. The van der Waals surface area contributed by atoms with Crippen molar-refractivity contribution in [3.8, 4) is 11.5 Å². The van der Waals surface area contributed by atoms with E-state index in [1.165, 1.54) is 10.9 Å². The molecule has 5 rings (SSSR count). The fourth-order valence-corrected chi connectivity index (χ4v) is 4.77. The quantitative estimate of drug-likeness (QED) is 0.590. The molecule has 1 unspecified atom stereocenters. The Labute approximate surface area is 191 Å². The third-order valence-corrected chi connectivity index (χ3v) is 6.62. The molecule has 2 aromatic carbocycles. The average molecular weight is 444 g/mol. The lowest BCUT2D eigenvalue weighted by atomic mass is 9.78. The predicted octanol–water partition coefficient (Wildman–Crippen LogP) is 4.10. The summed E-state index contributed by atoms with van der Waals surface area (Å²) >= 11 is 0. The van der Waals surface area contributed by atoms with E-state index in [1.54, 1.807) is 31.4 Å². The predicted molar refractivity (Wildman–Crippen MR) is 122 cm³/mol. The third-order valence-electron chi connectivity index (χ3n) is 6.62. The molecule has 2 aliphatic rings. The number of hydrogen-bond acceptors (Lipinski definition) is 6. The van der Waals surface area contributed by atoms with Crippen molar-refractivity contribution in [2.45, 2.75) is 25.8 Å². The number of Topliss-reactive ketones (excluding diaryl/α,β-unsaturated/α-hetero) is 1. The van der Waals surface area contributed by atoms with Crippen LogP contribution in [0.25, 0.3) is 10.9 Å². The molecule has 1 aromatic heterocycles. The molecule has 0 aliphatic carbocycles. The van der Waals surface area contributed by atoms with E-state index in [1.807, 2.05) is 18.3 Å². The van der Waals surface area contributed by atoms with Crippen LogP contribution in [0.3, 0.4) is 0 Å². The Kier molecular flexibility index (Phi) is 5.66. The minimum Gasteiger partial charge on any atom is -0.507 e. The molecular weight excluding hydrogens is 420 g/mol. The first-order chi connectivity index (χ1) is 15.8. The molecule has 7 heteroatoms. The number of nitrogens with one attached hydrogen (secondary N) is 1. The highest BCUT2D eigenvalue weighted by molar-refractivity contribution is 6.12. The Hall–Kier alpha value is -4.09. The van der Waals surface area contributed by atoms with E-state index in [4.69, 9.17) is 14.3 Å². The first kappa shape index (κ1) is 22.1. The Balaban J connectivity index is 0.000000821. The number of carbonyl (C=O) groups excluding carboxylic acids is 3. The summed E-state index contributed by atoms with van der Waals surface area (Å²) in [5.41, 5.74) is 5.21. The monoisotopic (exact) mass is 444 g/mol. The number of methoxy groups -OCH3 is 1. The second-order valence-corrected chi connectivity index (χ2v) is 8.25. The minimum atomic E-state index is -0.359. The van der Waals surface area contributed by atoms with Crippen LogP contribution in [0.15, 0.2) is 65.9 Å². The molecule has 2 N–H and O–H groups in total. The van der Waals surface area contributed by atoms with Gasteiger partial charge in [-0.05, 0) is 67.8 Å². The molecule has 3 aromatic rings. The number of rotatable bonds is 3. The zero-order valence-corrected chi connectivity index (χ0v) is 18.6. The summed E-state index contributed by atoms with van der Waals surface area (Å²) in [6.07, 6.45) is 5.02. The van der Waals surface area contributed by atoms with E-state index in [0.29, 0.717) is 11.1 Å². The van der Waals surface area contributed by atoms with Gasteiger partial charge in [-0.2, -0.15) is 9.59 Å². The number of carbonyl (C=O) groups is 1. The minimum absolute atomic E-state index is 0.00767. The SMILES string of the molecule is COc1ccc2[nH]c3c(c2c1)CCN1C=C(C(=O)c2ccccc2O)C=C(C)C31C.O=C=O. The van der Waals surface area contributed by atoms with Gasteiger partial charge in [-0.15, -0.1) is 0 Å². The molecule has 0 fully saturated rings. The maximum absolute atomic E-state index is 13.1. The van der Waals surface area contributed by atoms with E-state index in [0.717, 1.165) is 35.5 Å². The van der Waals surface area contributed by atoms with Crippen LogP contribution in [0.4, 0.5) is 0 Å². The number of phenolic OH excluding ortho intramolecular Hbond substituents is 1. The smallest absolute Gasteiger partial charge is 0.373 e. The first-order valence-electron chi connectivity index (χ1n) is 10.5. The highest BCUT2D eigenvalue weighted by Crippen LogP contribution is 2.46. The lowest BCUT2D eigenvalue weighted by Crippen LogP contribution is -2.48. The van der Waals surface area contributed by atoms with Crippen LogP contribution in [0.2, 0.25) is 0 Å². The number of hydrogen-bond donors (Lipinski definition) is 2. The number of aromatic nitrogens is 1. The number of allylic oxidation sites excluding steroid dienone is 2. The van der Waals surface area contributed by atoms with E-state index in [-0.39, 0.29) is 23.2 Å². The summed E-state index contributed by atoms with van der Waals surface area (Å²) in [6.45, 7) is 5.07. The first-order valence-corrected chi connectivity index (χ1v) is 10.5. The van der Waals surface area contributed by atoms with Crippen LogP contribution in [-0.2, 0) is 21.5 Å². The Morgan fingerprint density at radius 1 is 1.21 bits per heavy atom. The molecule has 33 heavy (non-hydrogen) atoms. The lowest BCUT2D eigenvalue weighted by molar-refractivity contribution is -0.191. The normalized spacial score (nSPS) is 18.7. The highest BCUT2D eigenvalue weighted by Gasteiger charge is 2.43. The molecule has 0 saturated heterocycles. The molecule has 168 valence electrons. The number of benzene rings is 2. The summed E-state index contributed by atoms with van der Waals surface area (Å²) in [4.78, 5) is 35.2. The Bertz CT molecular complexity index is 1340. The van der Waals surface area contributed by atoms with Crippen LogP contribution < -0.4 is 4.74 Å². The maximum atomic E-state index is 13.1. The van der Waals surface area contributed by atoms with Crippen LogP contribution in [0, 0.1) is 0 Å². The topological polar surface area (TPSA) is 99.7 Å². The van der Waals surface area contributed by atoms with E-state index in [2.05, 4.69) is 35.9 Å². The number of H-pyrrole nitrogens is 1. The van der Waals surface area contributed by atoms with Crippen molar-refractivity contribution < 1.29 is 24.2 Å². The summed E-state index contributed by atoms with van der Waals surface area (Å²) in [6, 6.07) is 12.8. The van der Waals surface area contributed by atoms with Gasteiger partial charge >= 0.3 is 6.15 Å². The van der Waals surface area contributed by atoms with Gasteiger partial charge in [0.1, 0.15) is 11.5 Å². The van der Waals surface area contributed by atoms with Gasteiger partial charge in [0, 0.05) is 34.9 Å². The van der Waals surface area contributed by atoms with E-state index in [9.17, 15) is 9.90 Å². The second kappa shape index (κ2) is 8.45. The van der Waals surface area contributed by atoms with Gasteiger partial charge in [0.15, 0.2) is 5.78 Å². The fourth-order valence-electron chi connectivity index (χ4n) is 4.77. The zero-order valence-electron chi connectivity index (χ0n) is 18.6. The van der Waals surface area contributed by atoms with Gasteiger partial charge < -0.3 is 19.7 Å². The number of aromatic amines is 1. The average Bonchev–Trinajstić information content (AvgIpc) is 3.19. The molecule has 7 nitrogen and oxygen atoms in total. The number of phenols is 1. The molecule has 0 radical (unpaired) electrons. The largest absolute Gasteiger partial charge is 0.507 e. The van der Waals surface area contributed by atoms with Crippen molar-refractivity contribution in [3.05, 3.63) is 82.7 Å². The van der Waals surface area contributed by atoms with Gasteiger partial charge in [-0.3, -0.25) is 4.79 Å². The summed E-state index contributed by atoms with van der Waals surface area (Å²) in [5.74, 6) is 0.693. The molecular formula is C26H24N2O5. The summed E-state index contributed by atoms with van der Waals surface area (Å²) in [7, 11) is 1.69. The zero-order chi connectivity index (χ0) is 23.8. The molecule has 0 spiro atoms. The highest BCUT2D eigenvalue weighted by atomic mass is 16.5. The van der Waals surface area contributed by atoms with Crippen molar-refractivity contribution in [1.29, 1.82) is 0 Å². The number of nitrogens with zero attached hydrogens (tertiary/aromatic N) is 1. The Morgan fingerprint density at radius 3 is 2.64 bits per heavy atom. The molecule has 2 aliphatic heterocycles. The van der Waals surface area contributed by atoms with Gasteiger partial charge in [0.25, 0.3) is 0 Å². The third kappa shape index (κ3) is 3.52. The van der Waals surface area contributed by atoms with Crippen molar-refractivity contribution >= 4 is 22.8 Å². The second-order valence-electron chi connectivity index (χ2n) is 8.25. The number of ether oxygens (including phenoxy) is 1. The molecule has 0 amide bonds. The van der Waals surface area contributed by atoms with E-state index < -0.39 is 0 Å². The van der Waals surface area contributed by atoms with Crippen molar-refractivity contribution in [2.75, 3.05) is 13.7 Å². The summed E-state index contributed by atoms with van der Waals surface area (Å²) in [5, 5.41) is 11.3. The van der Waals surface area contributed by atoms with Crippen molar-refractivity contribution in [2.24, 2.45) is 0 Å². The van der Waals surface area contributed by atoms with Gasteiger partial charge in [0.05, 0.1) is 18.2 Å². The lowest BCUT2D eigenvalue weighted by Gasteiger charge is -2.47. The van der Waals surface area contributed by atoms with E-state index >= 15 is 0 Å². The number of aromatic hydroxyl groups is 1. The van der Waals surface area contributed by atoms with Crippen LogP contribution in [0.1, 0.15) is 35.5 Å². The van der Waals surface area contributed by atoms with Crippen molar-refractivity contribution in [1.82, 2.24) is 9.88 Å². The van der Waals surface area contributed by atoms with Gasteiger partial charge in [0.2, 0.25) is 0 Å². The van der Waals surface area contributed by atoms with Crippen LogP contribution in [-0.4, -0.2) is 40.6 Å². The van der Waals surface area contributed by atoms with Crippen molar-refractivity contribution in [3.63, 3.8) is 0 Å². The van der Waals surface area contributed by atoms with Gasteiger partial charge in [-0.1, -0.05) is 12.1 Å². The molecule has 0 saturated carbocycles. The van der Waals surface area contributed by atoms with Crippen LogP contribution in [0.5, 0.6) is 11.5 Å². The number of fused-ring (bicyclic) bond motifs is 5. The van der Waals surface area contributed by atoms with Gasteiger partial charge in [-0.25, -0.2) is 0 Å². The van der Waals surface area contributed by atoms with Crippen LogP contribution >= 0.6 is 0 Å². The number of para-hydroxylation sites is 1. The fraction of sp³-hybridized carbons (Fsp3) is 0.231. The maximum Gasteiger partial charge on any atom is 0.373 e. The summed E-state index contributed by atoms with van der Waals surface area (Å²) < 4.78 is 5.42. The Morgan fingerprint density at radius 2 is 1.94 bits per heavy atom. The molecule has 3 heterocycles. The number of ketones is 1. The molecule has 1 atom stereocenters.